The third kappa shape index (κ3) is 6.24. The summed E-state index contributed by atoms with van der Waals surface area (Å²) in [5.74, 6) is -0.0244. The normalized spacial score (nSPS) is 14.9. The van der Waals surface area contributed by atoms with Crippen LogP contribution in [0.4, 0.5) is 0 Å². The average molecular weight is 707 g/mol. The summed E-state index contributed by atoms with van der Waals surface area (Å²) in [4.78, 5) is 32.3. The molecule has 1 atom stereocenters. The van der Waals surface area contributed by atoms with Crippen molar-refractivity contribution < 1.29 is 14.3 Å². The van der Waals surface area contributed by atoms with E-state index < -0.39 is 12.0 Å². The number of fused-ring (bicyclic) bond motifs is 1. The Hall–Kier alpha value is -2.88. The van der Waals surface area contributed by atoms with Crippen molar-refractivity contribution in [3.05, 3.63) is 127 Å². The number of nitrogens with zero attached hydrogens (tertiary/aromatic N) is 2. The zero-order valence-corrected chi connectivity index (χ0v) is 27.4. The number of rotatable bonds is 7. The molecular weight excluding hydrogens is 683 g/mol. The molecule has 0 spiro atoms. The van der Waals surface area contributed by atoms with Gasteiger partial charge in [-0.15, -0.1) is 0 Å². The topological polar surface area (TPSA) is 69.9 Å². The summed E-state index contributed by atoms with van der Waals surface area (Å²) >= 11 is 23.6. The fourth-order valence-electron chi connectivity index (χ4n) is 4.63. The van der Waals surface area contributed by atoms with Crippen LogP contribution in [0.2, 0.25) is 15.1 Å². The highest BCUT2D eigenvalue weighted by Crippen LogP contribution is 2.35. The van der Waals surface area contributed by atoms with Gasteiger partial charge in [0.1, 0.15) is 12.4 Å². The van der Waals surface area contributed by atoms with E-state index in [4.69, 9.17) is 44.3 Å². The molecule has 3 aromatic carbocycles. The van der Waals surface area contributed by atoms with Crippen LogP contribution in [0.25, 0.3) is 6.08 Å². The molecule has 0 saturated heterocycles. The van der Waals surface area contributed by atoms with Gasteiger partial charge in [0.15, 0.2) is 4.80 Å². The molecule has 0 radical (unpaired) electrons. The van der Waals surface area contributed by atoms with Crippen molar-refractivity contribution in [2.75, 3.05) is 6.61 Å². The molecule has 11 heteroatoms. The Balaban J connectivity index is 1.64. The van der Waals surface area contributed by atoms with E-state index in [1.54, 1.807) is 54.8 Å². The van der Waals surface area contributed by atoms with Crippen LogP contribution in [-0.2, 0) is 16.1 Å². The molecule has 6 nitrogen and oxygen atoms in total. The third-order valence-corrected chi connectivity index (χ3v) is 9.00. The van der Waals surface area contributed by atoms with E-state index in [0.717, 1.165) is 16.7 Å². The zero-order valence-electron chi connectivity index (χ0n) is 22.7. The monoisotopic (exact) mass is 704 g/mol. The van der Waals surface area contributed by atoms with Gasteiger partial charge in [-0.05, 0) is 72.6 Å². The summed E-state index contributed by atoms with van der Waals surface area (Å²) in [6.07, 6.45) is 1.72. The van der Waals surface area contributed by atoms with Gasteiger partial charge in [-0.2, -0.15) is 0 Å². The molecule has 0 N–H and O–H groups in total. The van der Waals surface area contributed by atoms with Crippen LogP contribution in [0.15, 0.2) is 80.1 Å². The second-order valence-electron chi connectivity index (χ2n) is 9.54. The SMILES string of the molecule is CCOC(=O)C1=C(C)N=c2s/c(=C\c3cc(Cl)cc(Br)c3OCc3ccc(Cl)cc3Cl)c(=O)n2[C@H]1c1ccc(C)cc1. The fraction of sp³-hybridized carbons (Fsp3) is 0.194. The van der Waals surface area contributed by atoms with Crippen molar-refractivity contribution in [2.24, 2.45) is 4.99 Å². The summed E-state index contributed by atoms with van der Waals surface area (Å²) in [5, 5.41) is 1.46. The van der Waals surface area contributed by atoms with Crippen molar-refractivity contribution in [3.63, 3.8) is 0 Å². The Labute approximate surface area is 269 Å². The minimum absolute atomic E-state index is 0.161. The van der Waals surface area contributed by atoms with Gasteiger partial charge in [0.05, 0.1) is 32.9 Å². The van der Waals surface area contributed by atoms with E-state index in [1.807, 2.05) is 31.2 Å². The highest BCUT2D eigenvalue weighted by Gasteiger charge is 2.33. The van der Waals surface area contributed by atoms with E-state index in [1.165, 1.54) is 11.3 Å². The van der Waals surface area contributed by atoms with E-state index in [9.17, 15) is 9.59 Å². The number of aryl methyl sites for hydroxylation is 1. The summed E-state index contributed by atoms with van der Waals surface area (Å²) < 4.78 is 14.1. The Morgan fingerprint density at radius 2 is 1.81 bits per heavy atom. The quantitative estimate of drug-likeness (QED) is 0.188. The summed E-state index contributed by atoms with van der Waals surface area (Å²) in [7, 11) is 0. The van der Waals surface area contributed by atoms with Gasteiger partial charge in [-0.3, -0.25) is 9.36 Å². The van der Waals surface area contributed by atoms with E-state index in [-0.39, 0.29) is 18.8 Å². The van der Waals surface area contributed by atoms with Crippen LogP contribution in [0.5, 0.6) is 5.75 Å². The van der Waals surface area contributed by atoms with Gasteiger partial charge in [0.25, 0.3) is 5.56 Å². The number of esters is 1. The minimum Gasteiger partial charge on any atom is -0.487 e. The molecule has 42 heavy (non-hydrogen) atoms. The van der Waals surface area contributed by atoms with Crippen LogP contribution in [0.1, 0.15) is 42.1 Å². The molecule has 2 heterocycles. The number of ether oxygens (including phenoxy) is 2. The predicted octanol–water partition coefficient (Wildman–Crippen LogP) is 7.41. The maximum Gasteiger partial charge on any atom is 0.338 e. The molecule has 0 fully saturated rings. The number of carbonyl (C=O) groups excluding carboxylic acids is 1. The Kier molecular flexibility index (Phi) is 9.30. The number of aromatic nitrogens is 1. The highest BCUT2D eigenvalue weighted by molar-refractivity contribution is 9.10. The molecule has 0 saturated carbocycles. The summed E-state index contributed by atoms with van der Waals surface area (Å²) in [6, 6.07) is 15.6. The van der Waals surface area contributed by atoms with Crippen LogP contribution in [0.3, 0.4) is 0 Å². The van der Waals surface area contributed by atoms with Gasteiger partial charge in [-0.1, -0.05) is 82.0 Å². The first kappa shape index (κ1) is 30.6. The zero-order chi connectivity index (χ0) is 30.1. The van der Waals surface area contributed by atoms with Gasteiger partial charge in [-0.25, -0.2) is 9.79 Å². The van der Waals surface area contributed by atoms with Crippen LogP contribution >= 0.6 is 62.1 Å². The molecule has 0 aliphatic carbocycles. The number of thiazole rings is 1. The largest absolute Gasteiger partial charge is 0.487 e. The number of hydrogen-bond acceptors (Lipinski definition) is 6. The maximum absolute atomic E-state index is 14.0. The number of benzene rings is 3. The van der Waals surface area contributed by atoms with Crippen LogP contribution in [0, 0.1) is 6.92 Å². The van der Waals surface area contributed by atoms with Gasteiger partial charge in [0, 0.05) is 26.2 Å². The molecular formula is C31H24BrCl3N2O4S. The first-order valence-corrected chi connectivity index (χ1v) is 15.6. The van der Waals surface area contributed by atoms with Crippen molar-refractivity contribution in [3.8, 4) is 5.75 Å². The van der Waals surface area contributed by atoms with Crippen LogP contribution < -0.4 is 19.6 Å². The lowest BCUT2D eigenvalue weighted by atomic mass is 9.95. The summed E-state index contributed by atoms with van der Waals surface area (Å²) in [5.41, 5.74) is 3.69. The number of carbonyl (C=O) groups is 1. The number of allylic oxidation sites excluding steroid dienone is 1. The molecule has 1 aromatic heterocycles. The predicted molar refractivity (Wildman–Crippen MR) is 172 cm³/mol. The summed E-state index contributed by atoms with van der Waals surface area (Å²) in [6.45, 7) is 5.84. The second-order valence-corrected chi connectivity index (χ2v) is 12.7. The first-order valence-electron chi connectivity index (χ1n) is 12.9. The highest BCUT2D eigenvalue weighted by atomic mass is 79.9. The smallest absolute Gasteiger partial charge is 0.338 e. The Bertz CT molecular complexity index is 1920. The molecule has 216 valence electrons. The molecule has 5 rings (SSSR count). The second kappa shape index (κ2) is 12.8. The van der Waals surface area contributed by atoms with E-state index >= 15 is 0 Å². The van der Waals surface area contributed by atoms with Gasteiger partial charge >= 0.3 is 5.97 Å². The molecule has 0 amide bonds. The molecule has 4 aromatic rings. The van der Waals surface area contributed by atoms with Gasteiger partial charge in [0.2, 0.25) is 0 Å². The molecule has 0 unspecified atom stereocenters. The lowest BCUT2D eigenvalue weighted by molar-refractivity contribution is -0.139. The van der Waals surface area contributed by atoms with Crippen molar-refractivity contribution >= 4 is 74.1 Å². The lowest BCUT2D eigenvalue weighted by Crippen LogP contribution is -2.39. The minimum atomic E-state index is -0.697. The standard InChI is InChI=1S/C31H24BrCl3N2O4S/c1-4-40-30(39)26-17(3)36-31-37(27(26)18-7-5-16(2)6-8-18)29(38)25(42-31)12-20-11-22(34)13-23(32)28(20)41-15-19-9-10-21(33)14-24(19)35/h5-14,27H,4,15H2,1-3H3/b25-12-/t27-/m0/s1. The van der Waals surface area contributed by atoms with Crippen molar-refractivity contribution in [2.45, 2.75) is 33.4 Å². The third-order valence-electron chi connectivity index (χ3n) is 6.62. The molecule has 1 aliphatic rings. The van der Waals surface area contributed by atoms with Crippen molar-refractivity contribution in [1.82, 2.24) is 4.57 Å². The van der Waals surface area contributed by atoms with Crippen LogP contribution in [-0.4, -0.2) is 17.1 Å². The Morgan fingerprint density at radius 1 is 1.07 bits per heavy atom. The number of hydrogen-bond donors (Lipinski definition) is 0. The fourth-order valence-corrected chi connectivity index (χ4v) is 7.07. The molecule has 1 aliphatic heterocycles. The maximum atomic E-state index is 14.0. The van der Waals surface area contributed by atoms with E-state index in [2.05, 4.69) is 20.9 Å². The van der Waals surface area contributed by atoms with E-state index in [0.29, 0.717) is 51.5 Å². The number of halogens is 4. The lowest BCUT2D eigenvalue weighted by Gasteiger charge is -2.24. The van der Waals surface area contributed by atoms with Crippen molar-refractivity contribution in [1.29, 1.82) is 0 Å². The molecule has 0 bridgehead atoms. The van der Waals surface area contributed by atoms with Gasteiger partial charge < -0.3 is 9.47 Å². The average Bonchev–Trinajstić information content (AvgIpc) is 3.23. The first-order chi connectivity index (χ1) is 20.1. The Morgan fingerprint density at radius 3 is 2.50 bits per heavy atom.